The van der Waals surface area contributed by atoms with E-state index in [0.29, 0.717) is 56.5 Å². The number of anilines is 3. The van der Waals surface area contributed by atoms with Gasteiger partial charge in [0.1, 0.15) is 18.2 Å². The Balaban J connectivity index is 0.841. The lowest BCUT2D eigenvalue weighted by Crippen LogP contribution is -2.12. The van der Waals surface area contributed by atoms with E-state index in [1.807, 2.05) is 152 Å². The van der Waals surface area contributed by atoms with Crippen molar-refractivity contribution in [3.8, 4) is 103 Å². The zero-order chi connectivity index (χ0) is 60.0. The lowest BCUT2D eigenvalue weighted by Gasteiger charge is -2.27. The van der Waals surface area contributed by atoms with Crippen molar-refractivity contribution in [1.29, 1.82) is 21.0 Å². The lowest BCUT2D eigenvalue weighted by molar-refractivity contribution is 1.14. The summed E-state index contributed by atoms with van der Waals surface area (Å²) < 4.78 is 4.15. The van der Waals surface area contributed by atoms with Crippen LogP contribution in [-0.2, 0) is 0 Å². The van der Waals surface area contributed by atoms with E-state index in [2.05, 4.69) is 166 Å². The maximum Gasteiger partial charge on any atom is 0.161 e. The summed E-state index contributed by atoms with van der Waals surface area (Å²) in [7, 11) is 0. The van der Waals surface area contributed by atoms with Gasteiger partial charge in [0.25, 0.3) is 0 Å². The molecule has 0 aliphatic rings. The second-order valence-electron chi connectivity index (χ2n) is 21.7. The Hall–Kier alpha value is -12.9. The largest absolute Gasteiger partial charge is 0.310 e. The summed E-state index contributed by atoms with van der Waals surface area (Å²) in [6.45, 7) is 0. The number of benzene rings is 12. The van der Waals surface area contributed by atoms with Gasteiger partial charge in [0, 0.05) is 55.3 Å². The Morgan fingerprint density at radius 2 is 0.708 bits per heavy atom. The van der Waals surface area contributed by atoms with Gasteiger partial charge in [0.2, 0.25) is 0 Å². The quantitative estimate of drug-likeness (QED) is 0.126. The molecule has 15 aromatic rings. The zero-order valence-corrected chi connectivity index (χ0v) is 47.7. The van der Waals surface area contributed by atoms with Crippen molar-refractivity contribution in [2.24, 2.45) is 0 Å². The van der Waals surface area contributed by atoms with Crippen molar-refractivity contribution in [3.63, 3.8) is 0 Å². The fourth-order valence-corrected chi connectivity index (χ4v) is 12.6. The van der Waals surface area contributed by atoms with Gasteiger partial charge in [-0.05, 0) is 112 Å². The highest BCUT2D eigenvalue weighted by atomic mass is 15.1. The molecule has 9 heteroatoms. The van der Waals surface area contributed by atoms with Crippen molar-refractivity contribution < 1.29 is 0 Å². The molecule has 412 valence electrons. The number of hydrogen-bond donors (Lipinski definition) is 0. The average Bonchev–Trinajstić information content (AvgIpc) is 1.79. The number of rotatable bonds is 11. The predicted octanol–water partition coefficient (Wildman–Crippen LogP) is 19.6. The maximum atomic E-state index is 11.3. The number of aromatic nitrogens is 4. The summed E-state index contributed by atoms with van der Waals surface area (Å²) in [5.74, 6) is 0.343. The Bertz CT molecular complexity index is 5280. The third-order valence-electron chi connectivity index (χ3n) is 16.7. The van der Waals surface area contributed by atoms with Crippen LogP contribution in [-0.4, -0.2) is 19.1 Å². The van der Waals surface area contributed by atoms with Crippen LogP contribution in [0.4, 0.5) is 17.1 Å². The number of para-hydroxylation sites is 3. The predicted molar refractivity (Wildman–Crippen MR) is 357 cm³/mol. The Kier molecular flexibility index (Phi) is 13.2. The van der Waals surface area contributed by atoms with Gasteiger partial charge >= 0.3 is 0 Å². The molecule has 0 amide bonds. The molecule has 0 radical (unpaired) electrons. The second-order valence-corrected chi connectivity index (χ2v) is 21.7. The van der Waals surface area contributed by atoms with Gasteiger partial charge < -0.3 is 14.0 Å². The highest BCUT2D eigenvalue weighted by Gasteiger charge is 2.25. The van der Waals surface area contributed by atoms with Crippen LogP contribution in [0.2, 0.25) is 0 Å². The fourth-order valence-electron chi connectivity index (χ4n) is 12.6. The lowest BCUT2D eigenvalue weighted by atomic mass is 9.97. The van der Waals surface area contributed by atoms with Gasteiger partial charge in [0.05, 0.1) is 73.2 Å². The van der Waals surface area contributed by atoms with E-state index in [1.165, 1.54) is 0 Å². The molecule has 3 aromatic heterocycles. The maximum absolute atomic E-state index is 11.3. The first-order valence-electron chi connectivity index (χ1n) is 29.1. The summed E-state index contributed by atoms with van der Waals surface area (Å²) in [6, 6.07) is 105. The monoisotopic (exact) mass is 1130 g/mol. The molecule has 0 saturated carbocycles. The van der Waals surface area contributed by atoms with E-state index >= 15 is 0 Å². The molecule has 0 bridgehead atoms. The van der Waals surface area contributed by atoms with Crippen molar-refractivity contribution in [2.75, 3.05) is 4.90 Å². The van der Waals surface area contributed by atoms with Gasteiger partial charge in [0.15, 0.2) is 5.82 Å². The third-order valence-corrected chi connectivity index (χ3v) is 16.7. The topological polar surface area (TPSA) is 134 Å². The fraction of sp³-hybridized carbons (Fsp3) is 0. The number of fused-ring (bicyclic) bond motifs is 6. The number of hydrogen-bond acceptors (Lipinski definition) is 7. The molecule has 0 aliphatic carbocycles. The summed E-state index contributed by atoms with van der Waals surface area (Å²) in [5.41, 5.74) is 18.1. The zero-order valence-electron chi connectivity index (χ0n) is 47.7. The third kappa shape index (κ3) is 9.26. The molecular formula is C80H47N9. The smallest absolute Gasteiger partial charge is 0.161 e. The molecule has 9 nitrogen and oxygen atoms in total. The van der Waals surface area contributed by atoms with Crippen LogP contribution in [0.3, 0.4) is 0 Å². The van der Waals surface area contributed by atoms with Gasteiger partial charge in [-0.25, -0.2) is 9.97 Å². The van der Waals surface area contributed by atoms with Gasteiger partial charge in [-0.1, -0.05) is 206 Å². The molecule has 12 aromatic carbocycles. The molecule has 89 heavy (non-hydrogen) atoms. The van der Waals surface area contributed by atoms with Crippen LogP contribution in [0, 0.1) is 45.3 Å². The van der Waals surface area contributed by atoms with E-state index in [1.54, 1.807) is 6.07 Å². The van der Waals surface area contributed by atoms with Crippen molar-refractivity contribution in [3.05, 3.63) is 307 Å². The van der Waals surface area contributed by atoms with Crippen LogP contribution in [0.25, 0.3) is 122 Å². The van der Waals surface area contributed by atoms with Crippen LogP contribution >= 0.6 is 0 Å². The Morgan fingerprint density at radius 1 is 0.292 bits per heavy atom. The molecule has 0 spiro atoms. The van der Waals surface area contributed by atoms with Crippen LogP contribution in [0.1, 0.15) is 22.3 Å². The van der Waals surface area contributed by atoms with E-state index in [4.69, 9.17) is 9.97 Å². The molecule has 0 aliphatic heterocycles. The van der Waals surface area contributed by atoms with Crippen LogP contribution in [0.15, 0.2) is 285 Å². The molecule has 15 rings (SSSR count). The molecule has 0 fully saturated rings. The second kappa shape index (κ2) is 22.3. The Morgan fingerprint density at radius 3 is 1.22 bits per heavy atom. The minimum atomic E-state index is 0.279. The minimum Gasteiger partial charge on any atom is -0.310 e. The first kappa shape index (κ1) is 52.9. The van der Waals surface area contributed by atoms with E-state index in [9.17, 15) is 21.0 Å². The highest BCUT2D eigenvalue weighted by Crippen LogP contribution is 2.44. The normalized spacial score (nSPS) is 11.1. The number of nitriles is 4. The van der Waals surface area contributed by atoms with Crippen molar-refractivity contribution in [1.82, 2.24) is 19.1 Å². The van der Waals surface area contributed by atoms with Crippen molar-refractivity contribution in [2.45, 2.75) is 0 Å². The molecular weight excluding hydrogens is 1090 g/mol. The minimum absolute atomic E-state index is 0.279. The van der Waals surface area contributed by atoms with Gasteiger partial charge in [-0.2, -0.15) is 21.0 Å². The van der Waals surface area contributed by atoms with Crippen molar-refractivity contribution >= 4 is 60.7 Å². The van der Waals surface area contributed by atoms with Crippen LogP contribution < -0.4 is 4.90 Å². The highest BCUT2D eigenvalue weighted by molar-refractivity contribution is 6.16. The van der Waals surface area contributed by atoms with E-state index in [0.717, 1.165) is 99.5 Å². The van der Waals surface area contributed by atoms with Gasteiger partial charge in [-0.3, -0.25) is 0 Å². The van der Waals surface area contributed by atoms with Gasteiger partial charge in [-0.15, -0.1) is 0 Å². The molecule has 0 unspecified atom stereocenters. The summed E-state index contributed by atoms with van der Waals surface area (Å²) >= 11 is 0. The summed E-state index contributed by atoms with van der Waals surface area (Å²) in [5, 5.41) is 48.1. The van der Waals surface area contributed by atoms with Crippen LogP contribution in [0.5, 0.6) is 0 Å². The average molecular weight is 1130 g/mol. The molecule has 3 heterocycles. The first-order chi connectivity index (χ1) is 44.0. The Labute approximate surface area is 513 Å². The SMILES string of the molecule is N#Cc1cc(C#N)c(-n2c3ccccc3c3ccccc32)cc1-c1nc(-c2ccccc2)cc(-c2ccc(-c3cccc4c3c3ccccc3n4-c3c(C#N)cc(N(c4ccc(-c5ccccc5)cc4)c4ccc(-c5ccccc5)cc4)cc3C#N)cc2)n1. The molecule has 0 atom stereocenters. The number of nitrogens with zero attached hydrogens (tertiary/aromatic N) is 9. The van der Waals surface area contributed by atoms with E-state index < -0.39 is 0 Å². The van der Waals surface area contributed by atoms with E-state index in [-0.39, 0.29) is 5.56 Å². The standard InChI is InChI=1S/C80H47N9/c81-48-59-43-60(49-82)77(88-73-27-13-10-23-67(73)68-24-11-14-28-74(68)88)46-70(59)80-85-71(57-21-8-3-9-22-57)47-72(86-80)58-33-31-56(32-34-58)66-26-16-30-76-78(66)69-25-12-15-29-75(69)89(76)79-61(50-83)44-65(45-62(79)51-84)87(63-39-35-54(36-40-63)52-17-4-1-5-18-52)64-41-37-55(38-42-64)53-19-6-2-7-20-53/h1-47H. The molecule has 0 saturated heterocycles. The summed E-state index contributed by atoms with van der Waals surface area (Å²) in [4.78, 5) is 12.5. The first-order valence-corrected chi connectivity index (χ1v) is 29.1. The molecule has 0 N–H and O–H groups in total. The summed E-state index contributed by atoms with van der Waals surface area (Å²) in [6.07, 6.45) is 0.